The monoisotopic (exact) mass is 1310 g/mol. The summed E-state index contributed by atoms with van der Waals surface area (Å²) < 4.78 is 81.5. The maximum absolute atomic E-state index is 15.6. The minimum atomic E-state index is -2.20. The molecular formula is C67H96N2O24. The van der Waals surface area contributed by atoms with Crippen LogP contribution in [0, 0.1) is 51.0 Å². The molecule has 6 saturated heterocycles. The number of esters is 2. The van der Waals surface area contributed by atoms with Gasteiger partial charge in [-0.05, 0) is 109 Å². The van der Waals surface area contributed by atoms with Crippen molar-refractivity contribution in [1.82, 2.24) is 5.32 Å². The highest BCUT2D eigenvalue weighted by Gasteiger charge is 2.65. The first-order chi connectivity index (χ1) is 43.9. The van der Waals surface area contributed by atoms with Crippen LogP contribution >= 0.6 is 0 Å². The number of carbonyl (C=O) groups is 5. The largest absolute Gasteiger partial charge is 0.511 e. The van der Waals surface area contributed by atoms with Crippen LogP contribution in [-0.4, -0.2) is 197 Å². The Morgan fingerprint density at radius 2 is 1.35 bits per heavy atom. The fraction of sp³-hybridized carbons (Fsp3) is 0.776. The van der Waals surface area contributed by atoms with Crippen molar-refractivity contribution in [2.75, 3.05) is 7.11 Å². The number of ether oxygens (including phenoxy) is 13. The lowest BCUT2D eigenvalue weighted by molar-refractivity contribution is -0.584. The van der Waals surface area contributed by atoms with Crippen LogP contribution in [0.4, 0.5) is 4.79 Å². The Bertz CT molecular complexity index is 2960. The number of methoxy groups -OCH3 is 1. The van der Waals surface area contributed by atoms with Crippen molar-refractivity contribution < 1.29 is 111 Å². The molecule has 10 aliphatic rings. The molecule has 518 valence electrons. The Hall–Kier alpha value is -5.07. The van der Waals surface area contributed by atoms with E-state index >= 15 is 4.79 Å². The van der Waals surface area contributed by atoms with Gasteiger partial charge in [-0.2, -0.15) is 0 Å². The summed E-state index contributed by atoms with van der Waals surface area (Å²) in [6, 6.07) is -1.12. The summed E-state index contributed by atoms with van der Waals surface area (Å²) >= 11 is 0. The van der Waals surface area contributed by atoms with Crippen molar-refractivity contribution in [3.05, 3.63) is 68.5 Å². The van der Waals surface area contributed by atoms with Crippen molar-refractivity contribution in [3.63, 3.8) is 0 Å². The van der Waals surface area contributed by atoms with Crippen molar-refractivity contribution in [3.8, 4) is 0 Å². The van der Waals surface area contributed by atoms with Crippen molar-refractivity contribution in [1.29, 1.82) is 0 Å². The molecule has 26 heteroatoms. The zero-order valence-corrected chi connectivity index (χ0v) is 55.4. The summed E-state index contributed by atoms with van der Waals surface area (Å²) in [5.41, 5.74) is -4.91. The number of nitro groups is 1. The van der Waals surface area contributed by atoms with Gasteiger partial charge in [0.1, 0.15) is 35.9 Å². The first-order valence-electron chi connectivity index (χ1n) is 33.1. The number of alkyl carbamates (subject to hydrolysis) is 1. The number of aliphatic hydroxyl groups is 4. The number of amides is 1. The number of nitrogens with one attached hydrogen (secondary N) is 1. The molecule has 10 rings (SSSR count). The van der Waals surface area contributed by atoms with E-state index in [4.69, 9.17) is 61.6 Å². The van der Waals surface area contributed by atoms with Gasteiger partial charge in [0, 0.05) is 68.1 Å². The third-order valence-corrected chi connectivity index (χ3v) is 21.7. The molecule has 29 atom stereocenters. The molecule has 5 N–H and O–H groups in total. The van der Waals surface area contributed by atoms with Crippen LogP contribution in [-0.2, 0) is 80.8 Å². The third kappa shape index (κ3) is 14.0. The number of fused-ring (bicyclic) bond motifs is 4. The number of hydrogen-bond acceptors (Lipinski definition) is 24. The summed E-state index contributed by atoms with van der Waals surface area (Å²) in [4.78, 5) is 80.4. The average molecular weight is 1310 g/mol. The SMILES string of the molecule is COC(=O)N[C@H]1[C@@H](C)O[C@@H](O[C@H]2C/C=C(\C)[C@H]3C=C[C@@H]4[C@@H](O[C@H]5C[C@@H](O[C@H]6CCC(O[C@H]7C[C@@H](O)C(O[C@H]8CC[C@@H](O)[C@H](C)O8)[C@H](C)O7)[C@H](C)O6)[C@@H](OC(C)=O)[C@H](C)O5)[C@@H](C)C[C@H](C)[C@H]4[C@]3(C)C(O)=C3C(=O)OC4(CC(C=O)=C[C@H](O)[C@H]4C=C2C)C3=O)C[C@]1(C)[N+](=O)[O-]. The van der Waals surface area contributed by atoms with Gasteiger partial charge in [-0.1, -0.05) is 50.6 Å². The Morgan fingerprint density at radius 3 is 2.01 bits per heavy atom. The molecule has 3 unspecified atom stereocenters. The van der Waals surface area contributed by atoms with Crippen LogP contribution in [0.3, 0.4) is 0 Å². The van der Waals surface area contributed by atoms with Crippen LogP contribution in [0.15, 0.2) is 58.4 Å². The second kappa shape index (κ2) is 28.2. The van der Waals surface area contributed by atoms with Gasteiger partial charge >= 0.3 is 18.0 Å². The van der Waals surface area contributed by atoms with Gasteiger partial charge in [0.2, 0.25) is 11.3 Å². The molecule has 93 heavy (non-hydrogen) atoms. The van der Waals surface area contributed by atoms with Gasteiger partial charge in [0.15, 0.2) is 43.2 Å². The Balaban J connectivity index is 0.904. The number of aldehydes is 1. The van der Waals surface area contributed by atoms with Crippen LogP contribution in [0.2, 0.25) is 0 Å². The molecule has 7 fully saturated rings. The minimum Gasteiger partial charge on any atom is -0.511 e. The molecule has 26 nitrogen and oxygen atoms in total. The number of carbonyl (C=O) groups excluding carboxylic acids is 5. The van der Waals surface area contributed by atoms with Gasteiger partial charge in [-0.3, -0.25) is 24.5 Å². The third-order valence-electron chi connectivity index (χ3n) is 21.7. The fourth-order valence-corrected chi connectivity index (χ4v) is 16.9. The van der Waals surface area contributed by atoms with Crippen LogP contribution < -0.4 is 5.32 Å². The summed E-state index contributed by atoms with van der Waals surface area (Å²) in [6.45, 7) is 21.0. The quantitative estimate of drug-likeness (QED) is 0.0240. The Labute approximate surface area is 542 Å². The molecule has 0 aromatic heterocycles. The Morgan fingerprint density at radius 1 is 0.720 bits per heavy atom. The van der Waals surface area contributed by atoms with E-state index in [0.717, 1.165) is 7.11 Å². The number of ketones is 1. The van der Waals surface area contributed by atoms with Crippen molar-refractivity contribution in [2.24, 2.45) is 40.9 Å². The lowest BCUT2D eigenvalue weighted by atomic mass is 9.49. The highest BCUT2D eigenvalue weighted by atomic mass is 16.8. The number of aliphatic hydroxyl groups excluding tert-OH is 4. The summed E-state index contributed by atoms with van der Waals surface area (Å²) in [5.74, 6) is -6.46. The molecule has 0 aromatic carbocycles. The topological polar surface area (TPSA) is 341 Å². The zero-order valence-electron chi connectivity index (χ0n) is 55.4. The minimum absolute atomic E-state index is 0.00196. The van der Waals surface area contributed by atoms with Crippen LogP contribution in [0.5, 0.6) is 0 Å². The fourth-order valence-electron chi connectivity index (χ4n) is 16.9. The van der Waals surface area contributed by atoms with Crippen molar-refractivity contribution in [2.45, 2.75) is 281 Å². The molecule has 4 aliphatic carbocycles. The molecule has 0 radical (unpaired) electrons. The molecule has 6 aliphatic heterocycles. The van der Waals surface area contributed by atoms with E-state index in [1.165, 1.54) is 19.9 Å². The molecular weight excluding hydrogens is 1220 g/mol. The van der Waals surface area contributed by atoms with Gasteiger partial charge in [-0.15, -0.1) is 0 Å². The maximum Gasteiger partial charge on any atom is 0.407 e. The van der Waals surface area contributed by atoms with E-state index < -0.39 is 210 Å². The Kier molecular flexibility index (Phi) is 21.4. The normalized spacial score (nSPS) is 46.8. The van der Waals surface area contributed by atoms with Gasteiger partial charge in [0.25, 0.3) is 0 Å². The molecule has 6 heterocycles. The van der Waals surface area contributed by atoms with Crippen LogP contribution in [0.25, 0.3) is 0 Å². The summed E-state index contributed by atoms with van der Waals surface area (Å²) in [5, 5.41) is 62.0. The van der Waals surface area contributed by atoms with E-state index in [1.807, 2.05) is 39.8 Å². The highest BCUT2D eigenvalue weighted by Crippen LogP contribution is 2.61. The summed E-state index contributed by atoms with van der Waals surface area (Å²) in [7, 11) is 1.15. The van der Waals surface area contributed by atoms with E-state index in [-0.39, 0.29) is 43.1 Å². The molecule has 1 amide bonds. The van der Waals surface area contributed by atoms with E-state index in [2.05, 4.69) is 25.2 Å². The smallest absolute Gasteiger partial charge is 0.407 e. The van der Waals surface area contributed by atoms with Gasteiger partial charge in [-0.25, -0.2) is 9.59 Å². The molecule has 2 bridgehead atoms. The zero-order chi connectivity index (χ0) is 67.5. The average Bonchev–Trinajstić information content (AvgIpc) is 1.68. The number of Topliss-reactive ketones (excluding diaryl/α,β-unsaturated/α-hetero) is 1. The molecule has 1 saturated carbocycles. The predicted octanol–water partition coefficient (Wildman–Crippen LogP) is 6.36. The second-order valence-corrected chi connectivity index (χ2v) is 28.2. The van der Waals surface area contributed by atoms with E-state index in [0.29, 0.717) is 49.5 Å². The lowest BCUT2D eigenvalue weighted by Crippen LogP contribution is -2.65. The lowest BCUT2D eigenvalue weighted by Gasteiger charge is -2.56. The van der Waals surface area contributed by atoms with Gasteiger partial charge < -0.3 is 87.3 Å². The number of allylic oxidation sites excluding steroid dienone is 3. The second-order valence-electron chi connectivity index (χ2n) is 28.2. The van der Waals surface area contributed by atoms with Crippen molar-refractivity contribution >= 4 is 30.1 Å². The first kappa shape index (κ1) is 70.7. The number of rotatable bonds is 14. The highest BCUT2D eigenvalue weighted by molar-refractivity contribution is 6.26. The first-order valence-corrected chi connectivity index (χ1v) is 33.1. The predicted molar refractivity (Wildman–Crippen MR) is 325 cm³/mol. The van der Waals surface area contributed by atoms with Crippen LogP contribution in [0.1, 0.15) is 147 Å². The van der Waals surface area contributed by atoms with E-state index in [1.54, 1.807) is 33.8 Å². The standard InChI is InChI=1S/C67H96N2O24/c1-30-14-18-47(88-54-28-65(11,69(79)80)60(38(9)86-54)68-64(78)81-13)31(2)23-43-45(73)24-40(29-70)27-67(43)62(76)55(63(77)93-67)61(75)66(12)42(30)16-15-41-56(66)32(3)22-33(4)57(41)92-53-26-49(59(37(8)85-53)87-39(10)71)90-50-21-19-48(35(6)83-50)89-52-25-46(74)58(36(7)84-52)91-51-20-17-44(72)34(5)82-51/h14-16,23-24,29,32-38,41-54,56-60,72-75H,17-22,25-28H2,1-13H3,(H,68,78)/b30-14+,31-23?,61-55?/t32-,33-,34-,35-,36-,37-,38+,41-,42+,43+,44+,45-,46+,47-,48?,49+,50-,51-,52-,53-,54-,56+,57-,58?,59-,60-,65-,66+,67?/m0/s1. The van der Waals surface area contributed by atoms with E-state index in [9.17, 15) is 49.7 Å². The molecule has 0 aromatic rings. The molecule has 1 spiro atoms. The number of hydrogen-bond donors (Lipinski definition) is 5. The summed E-state index contributed by atoms with van der Waals surface area (Å²) in [6.07, 6.45) is -4.21. The van der Waals surface area contributed by atoms with Gasteiger partial charge in [0.05, 0.1) is 86.6 Å². The maximum atomic E-state index is 15.6. The number of nitrogens with zero attached hydrogens (tertiary/aromatic N) is 1.